The average Bonchev–Trinajstić information content (AvgIpc) is 2.45. The summed E-state index contributed by atoms with van der Waals surface area (Å²) >= 11 is 0. The number of para-hydroxylation sites is 1. The van der Waals surface area contributed by atoms with E-state index in [9.17, 15) is 4.79 Å². The molecule has 0 saturated carbocycles. The third-order valence-electron chi connectivity index (χ3n) is 2.27. The normalized spacial score (nSPS) is 9.89. The number of ether oxygens (including phenoxy) is 2. The molecule has 0 atom stereocenters. The van der Waals surface area contributed by atoms with Gasteiger partial charge < -0.3 is 15.2 Å². The number of benzene rings is 1. The predicted molar refractivity (Wildman–Crippen MR) is 68.0 cm³/mol. The third-order valence-corrected chi connectivity index (χ3v) is 2.27. The fourth-order valence-electron chi connectivity index (χ4n) is 1.44. The molecular weight excluding hydrogens is 246 g/mol. The highest BCUT2D eigenvalue weighted by Gasteiger charge is 2.07. The standard InChI is InChI=1S/C13H13N3O3/c14-12(17)10-4-1-2-5-11(10)18-8-9-19-13-15-6-3-7-16-13/h1-7H,8-9H2,(H2,14,17). The van der Waals surface area contributed by atoms with Crippen LogP contribution in [0.25, 0.3) is 0 Å². The molecule has 2 N–H and O–H groups in total. The van der Waals surface area contributed by atoms with Gasteiger partial charge in [0.05, 0.1) is 5.56 Å². The maximum Gasteiger partial charge on any atom is 0.316 e. The summed E-state index contributed by atoms with van der Waals surface area (Å²) in [7, 11) is 0. The number of amides is 1. The van der Waals surface area contributed by atoms with E-state index in [4.69, 9.17) is 15.2 Å². The Morgan fingerprint density at radius 1 is 1.05 bits per heavy atom. The number of hydrogen-bond donors (Lipinski definition) is 1. The SMILES string of the molecule is NC(=O)c1ccccc1OCCOc1ncccn1. The molecule has 1 amide bonds. The van der Waals surface area contributed by atoms with Gasteiger partial charge in [-0.25, -0.2) is 9.97 Å². The van der Waals surface area contributed by atoms with Gasteiger partial charge >= 0.3 is 6.01 Å². The summed E-state index contributed by atoms with van der Waals surface area (Å²) in [6.07, 6.45) is 3.18. The van der Waals surface area contributed by atoms with Crippen LogP contribution in [0.1, 0.15) is 10.4 Å². The van der Waals surface area contributed by atoms with Gasteiger partial charge in [0.15, 0.2) is 0 Å². The van der Waals surface area contributed by atoms with Crippen LogP contribution in [0.2, 0.25) is 0 Å². The molecule has 19 heavy (non-hydrogen) atoms. The van der Waals surface area contributed by atoms with E-state index in [-0.39, 0.29) is 19.2 Å². The minimum Gasteiger partial charge on any atom is -0.489 e. The van der Waals surface area contributed by atoms with Gasteiger partial charge in [-0.3, -0.25) is 4.79 Å². The zero-order valence-corrected chi connectivity index (χ0v) is 10.2. The van der Waals surface area contributed by atoms with Gasteiger partial charge in [0.1, 0.15) is 19.0 Å². The molecule has 0 bridgehead atoms. The van der Waals surface area contributed by atoms with Crippen LogP contribution in [-0.2, 0) is 0 Å². The molecule has 6 nitrogen and oxygen atoms in total. The number of carbonyl (C=O) groups excluding carboxylic acids is 1. The number of carbonyl (C=O) groups is 1. The number of primary amides is 1. The molecule has 1 heterocycles. The lowest BCUT2D eigenvalue weighted by atomic mass is 10.2. The first-order chi connectivity index (χ1) is 9.27. The summed E-state index contributed by atoms with van der Waals surface area (Å²) in [5, 5.41) is 0. The van der Waals surface area contributed by atoms with E-state index in [2.05, 4.69) is 9.97 Å². The van der Waals surface area contributed by atoms with Crippen LogP contribution in [-0.4, -0.2) is 29.1 Å². The largest absolute Gasteiger partial charge is 0.489 e. The molecule has 98 valence electrons. The minimum absolute atomic E-state index is 0.266. The van der Waals surface area contributed by atoms with Crippen molar-refractivity contribution in [1.29, 1.82) is 0 Å². The molecule has 2 rings (SSSR count). The maximum atomic E-state index is 11.2. The number of nitrogens with zero attached hydrogens (tertiary/aromatic N) is 2. The Labute approximate surface area is 110 Å². The first-order valence-electron chi connectivity index (χ1n) is 5.69. The number of hydrogen-bond acceptors (Lipinski definition) is 5. The Morgan fingerprint density at radius 2 is 1.74 bits per heavy atom. The fraction of sp³-hybridized carbons (Fsp3) is 0.154. The van der Waals surface area contributed by atoms with Gasteiger partial charge in [-0.2, -0.15) is 0 Å². The average molecular weight is 259 g/mol. The third kappa shape index (κ3) is 3.67. The van der Waals surface area contributed by atoms with Gasteiger partial charge in [0.2, 0.25) is 0 Å². The summed E-state index contributed by atoms with van der Waals surface area (Å²) in [6.45, 7) is 0.541. The topological polar surface area (TPSA) is 87.3 Å². The predicted octanol–water partition coefficient (Wildman–Crippen LogP) is 1.03. The van der Waals surface area contributed by atoms with Crippen molar-refractivity contribution >= 4 is 5.91 Å². The summed E-state index contributed by atoms with van der Waals surface area (Å²) in [5.41, 5.74) is 5.59. The molecular formula is C13H13N3O3. The molecule has 0 saturated heterocycles. The first kappa shape index (κ1) is 12.8. The van der Waals surface area contributed by atoms with Crippen molar-refractivity contribution < 1.29 is 14.3 Å². The van der Waals surface area contributed by atoms with Crippen LogP contribution < -0.4 is 15.2 Å². The second-order valence-corrected chi connectivity index (χ2v) is 3.59. The van der Waals surface area contributed by atoms with Crippen molar-refractivity contribution in [3.05, 3.63) is 48.3 Å². The first-order valence-corrected chi connectivity index (χ1v) is 5.69. The van der Waals surface area contributed by atoms with Crippen LogP contribution in [0.15, 0.2) is 42.7 Å². The van der Waals surface area contributed by atoms with E-state index >= 15 is 0 Å². The van der Waals surface area contributed by atoms with Gasteiger partial charge in [0.25, 0.3) is 5.91 Å². The second-order valence-electron chi connectivity index (χ2n) is 3.59. The zero-order chi connectivity index (χ0) is 13.5. The van der Waals surface area contributed by atoms with Crippen molar-refractivity contribution in [2.75, 3.05) is 13.2 Å². The molecule has 1 aromatic carbocycles. The lowest BCUT2D eigenvalue weighted by Gasteiger charge is -2.09. The molecule has 0 fully saturated rings. The van der Waals surface area contributed by atoms with Crippen LogP contribution in [0, 0.1) is 0 Å². The number of aromatic nitrogens is 2. The van der Waals surface area contributed by atoms with E-state index in [1.54, 1.807) is 42.7 Å². The van der Waals surface area contributed by atoms with E-state index in [0.29, 0.717) is 11.3 Å². The van der Waals surface area contributed by atoms with E-state index in [1.165, 1.54) is 0 Å². The second kappa shape index (κ2) is 6.34. The molecule has 0 radical (unpaired) electrons. The Bertz CT molecular complexity index is 546. The summed E-state index contributed by atoms with van der Waals surface area (Å²) in [4.78, 5) is 19.0. The van der Waals surface area contributed by atoms with Gasteiger partial charge in [-0.15, -0.1) is 0 Å². The van der Waals surface area contributed by atoms with Crippen molar-refractivity contribution in [3.63, 3.8) is 0 Å². The summed E-state index contributed by atoms with van der Waals surface area (Å²) in [5.74, 6) is -0.0875. The van der Waals surface area contributed by atoms with Crippen molar-refractivity contribution in [2.45, 2.75) is 0 Å². The van der Waals surface area contributed by atoms with Crippen LogP contribution in [0.3, 0.4) is 0 Å². The molecule has 0 unspecified atom stereocenters. The maximum absolute atomic E-state index is 11.2. The van der Waals surface area contributed by atoms with Crippen molar-refractivity contribution in [2.24, 2.45) is 5.73 Å². The summed E-state index contributed by atoms with van der Waals surface area (Å²) < 4.78 is 10.7. The van der Waals surface area contributed by atoms with Crippen LogP contribution in [0.4, 0.5) is 0 Å². The van der Waals surface area contributed by atoms with E-state index in [0.717, 1.165) is 0 Å². The highest BCUT2D eigenvalue weighted by molar-refractivity contribution is 5.95. The molecule has 0 spiro atoms. The van der Waals surface area contributed by atoms with E-state index < -0.39 is 5.91 Å². The quantitative estimate of drug-likeness (QED) is 0.783. The van der Waals surface area contributed by atoms with Crippen molar-refractivity contribution in [1.82, 2.24) is 9.97 Å². The molecule has 6 heteroatoms. The number of nitrogens with two attached hydrogens (primary N) is 1. The van der Waals surface area contributed by atoms with Crippen LogP contribution in [0.5, 0.6) is 11.8 Å². The number of rotatable bonds is 6. The highest BCUT2D eigenvalue weighted by atomic mass is 16.5. The Morgan fingerprint density at radius 3 is 2.47 bits per heavy atom. The zero-order valence-electron chi connectivity index (χ0n) is 10.2. The highest BCUT2D eigenvalue weighted by Crippen LogP contribution is 2.16. The molecule has 2 aromatic rings. The van der Waals surface area contributed by atoms with Crippen LogP contribution >= 0.6 is 0 Å². The molecule has 1 aromatic heterocycles. The fourth-order valence-corrected chi connectivity index (χ4v) is 1.44. The smallest absolute Gasteiger partial charge is 0.316 e. The van der Waals surface area contributed by atoms with Gasteiger partial charge in [-0.05, 0) is 18.2 Å². The Hall–Kier alpha value is -2.63. The monoisotopic (exact) mass is 259 g/mol. The Kier molecular flexibility index (Phi) is 4.28. The van der Waals surface area contributed by atoms with Gasteiger partial charge in [0, 0.05) is 12.4 Å². The molecule has 0 aliphatic rings. The minimum atomic E-state index is -0.525. The van der Waals surface area contributed by atoms with Gasteiger partial charge in [-0.1, -0.05) is 12.1 Å². The Balaban J connectivity index is 1.85. The molecule has 0 aliphatic heterocycles. The summed E-state index contributed by atoms with van der Waals surface area (Å²) in [6, 6.07) is 8.77. The molecule has 0 aliphatic carbocycles. The van der Waals surface area contributed by atoms with E-state index in [1.807, 2.05) is 0 Å². The lowest BCUT2D eigenvalue weighted by molar-refractivity contribution is 0.0995. The van der Waals surface area contributed by atoms with Crippen molar-refractivity contribution in [3.8, 4) is 11.8 Å². The lowest BCUT2D eigenvalue weighted by Crippen LogP contribution is -2.15.